The minimum atomic E-state index is -0.883. The van der Waals surface area contributed by atoms with Gasteiger partial charge in [-0.2, -0.15) is 0 Å². The van der Waals surface area contributed by atoms with Gasteiger partial charge in [-0.15, -0.1) is 0 Å². The molecule has 1 unspecified atom stereocenters. The Morgan fingerprint density at radius 3 is 2.53 bits per heavy atom. The zero-order valence-corrected chi connectivity index (χ0v) is 11.0. The highest BCUT2D eigenvalue weighted by Crippen LogP contribution is 2.21. The summed E-state index contributed by atoms with van der Waals surface area (Å²) in [7, 11) is 0. The highest BCUT2D eigenvalue weighted by molar-refractivity contribution is 5.94. The maximum absolute atomic E-state index is 13.4. The average molecular weight is 268 g/mol. The Hall–Kier alpha value is -1.65. The quantitative estimate of drug-likeness (QED) is 0.796. The van der Waals surface area contributed by atoms with Gasteiger partial charge in [0.15, 0.2) is 0 Å². The molecule has 2 rings (SSSR count). The van der Waals surface area contributed by atoms with Crippen molar-refractivity contribution < 1.29 is 13.6 Å². The Bertz CT molecular complexity index is 467. The molecule has 1 atom stereocenters. The van der Waals surface area contributed by atoms with Crippen molar-refractivity contribution in [2.45, 2.75) is 26.2 Å². The van der Waals surface area contributed by atoms with Crippen molar-refractivity contribution in [2.24, 2.45) is 5.92 Å². The molecule has 1 aromatic rings. The van der Waals surface area contributed by atoms with Gasteiger partial charge in [0.05, 0.1) is 0 Å². The lowest BCUT2D eigenvalue weighted by molar-refractivity contribution is 0.0759. The number of benzene rings is 1. The second-order valence-corrected chi connectivity index (χ2v) is 5.18. The maximum Gasteiger partial charge on any atom is 0.254 e. The van der Waals surface area contributed by atoms with E-state index in [9.17, 15) is 13.6 Å². The summed E-state index contributed by atoms with van der Waals surface area (Å²) in [5.74, 6) is -1.51. The molecule has 0 radical (unpaired) electrons. The van der Waals surface area contributed by atoms with E-state index in [4.69, 9.17) is 5.73 Å². The van der Waals surface area contributed by atoms with Crippen LogP contribution in [0.3, 0.4) is 0 Å². The van der Waals surface area contributed by atoms with Gasteiger partial charge in [0.2, 0.25) is 0 Å². The van der Waals surface area contributed by atoms with Crippen LogP contribution in [0, 0.1) is 17.6 Å². The first-order chi connectivity index (χ1) is 8.99. The minimum Gasteiger partial charge on any atom is -0.394 e. The fourth-order valence-corrected chi connectivity index (χ4v) is 2.36. The van der Waals surface area contributed by atoms with Crippen molar-refractivity contribution >= 4 is 11.6 Å². The first-order valence-corrected chi connectivity index (χ1v) is 6.53. The number of amides is 1. The number of nitrogens with zero attached hydrogens (tertiary/aromatic N) is 1. The minimum absolute atomic E-state index is 0.0266. The summed E-state index contributed by atoms with van der Waals surface area (Å²) in [6, 6.07) is 2.02. The molecule has 1 saturated heterocycles. The second-order valence-electron chi connectivity index (χ2n) is 5.18. The Morgan fingerprint density at radius 2 is 1.89 bits per heavy atom. The van der Waals surface area contributed by atoms with Crippen LogP contribution in [0.25, 0.3) is 0 Å². The van der Waals surface area contributed by atoms with Crippen LogP contribution in [-0.2, 0) is 0 Å². The molecule has 0 aromatic heterocycles. The molecule has 1 fully saturated rings. The van der Waals surface area contributed by atoms with Crippen molar-refractivity contribution in [2.75, 3.05) is 18.8 Å². The number of hydrogen-bond donors (Lipinski definition) is 1. The number of carbonyl (C=O) groups excluding carboxylic acids is 1. The first-order valence-electron chi connectivity index (χ1n) is 6.53. The summed E-state index contributed by atoms with van der Waals surface area (Å²) < 4.78 is 26.7. The topological polar surface area (TPSA) is 46.3 Å². The first kappa shape index (κ1) is 13.8. The Labute approximate surface area is 111 Å². The number of anilines is 1. The third kappa shape index (κ3) is 3.03. The number of nitrogen functional groups attached to an aromatic ring is 1. The van der Waals surface area contributed by atoms with Gasteiger partial charge in [-0.1, -0.05) is 6.92 Å². The molecule has 0 aliphatic carbocycles. The average Bonchev–Trinajstić information content (AvgIpc) is 2.59. The van der Waals surface area contributed by atoms with Crippen molar-refractivity contribution in [1.82, 2.24) is 4.90 Å². The summed E-state index contributed by atoms with van der Waals surface area (Å²) in [5, 5.41) is 0. The van der Waals surface area contributed by atoms with Crippen molar-refractivity contribution in [1.29, 1.82) is 0 Å². The van der Waals surface area contributed by atoms with Crippen LogP contribution in [-0.4, -0.2) is 23.9 Å². The number of rotatable bonds is 1. The predicted molar refractivity (Wildman–Crippen MR) is 69.7 cm³/mol. The predicted octanol–water partition coefficient (Wildman–Crippen LogP) is 2.81. The summed E-state index contributed by atoms with van der Waals surface area (Å²) in [6.45, 7) is 3.42. The van der Waals surface area contributed by atoms with E-state index < -0.39 is 17.3 Å². The summed E-state index contributed by atoms with van der Waals surface area (Å²) in [4.78, 5) is 13.9. The van der Waals surface area contributed by atoms with Crippen LogP contribution in [0.5, 0.6) is 0 Å². The Balaban J connectivity index is 2.19. The molecule has 1 aromatic carbocycles. The molecule has 0 saturated carbocycles. The van der Waals surface area contributed by atoms with E-state index in [0.29, 0.717) is 19.0 Å². The molecule has 1 aliphatic heterocycles. The molecule has 5 heteroatoms. The Morgan fingerprint density at radius 1 is 1.26 bits per heavy atom. The molecule has 1 heterocycles. The second kappa shape index (κ2) is 5.55. The summed E-state index contributed by atoms with van der Waals surface area (Å²) in [5.41, 5.74) is 4.68. The van der Waals surface area contributed by atoms with Gasteiger partial charge in [-0.25, -0.2) is 8.78 Å². The summed E-state index contributed by atoms with van der Waals surface area (Å²) in [6.07, 6.45) is 2.92. The van der Waals surface area contributed by atoms with E-state index in [1.165, 1.54) is 0 Å². The number of halogens is 2. The standard InChI is InChI=1S/C14H18F2N2O/c1-9-3-2-5-18(6-4-9)14(19)10-7-11(15)13(17)12(16)8-10/h7-9H,2-6,17H2,1H3. The van der Waals surface area contributed by atoms with E-state index in [0.717, 1.165) is 31.4 Å². The van der Waals surface area contributed by atoms with E-state index in [2.05, 4.69) is 6.92 Å². The van der Waals surface area contributed by atoms with Crippen LogP contribution < -0.4 is 5.73 Å². The van der Waals surface area contributed by atoms with Crippen molar-refractivity contribution in [3.8, 4) is 0 Å². The number of likely N-dealkylation sites (tertiary alicyclic amines) is 1. The van der Waals surface area contributed by atoms with Gasteiger partial charge in [0.1, 0.15) is 17.3 Å². The van der Waals surface area contributed by atoms with Crippen LogP contribution in [0.4, 0.5) is 14.5 Å². The molecule has 104 valence electrons. The molecule has 0 spiro atoms. The monoisotopic (exact) mass is 268 g/mol. The number of hydrogen-bond acceptors (Lipinski definition) is 2. The van der Waals surface area contributed by atoms with Crippen LogP contribution in [0.15, 0.2) is 12.1 Å². The lowest BCUT2D eigenvalue weighted by atomic mass is 10.0. The van der Waals surface area contributed by atoms with Crippen molar-refractivity contribution in [3.05, 3.63) is 29.3 Å². The molecule has 3 nitrogen and oxygen atoms in total. The molecule has 0 bridgehead atoms. The number of carbonyl (C=O) groups is 1. The fourth-order valence-electron chi connectivity index (χ4n) is 2.36. The third-order valence-electron chi connectivity index (χ3n) is 3.63. The zero-order chi connectivity index (χ0) is 14.0. The highest BCUT2D eigenvalue weighted by Gasteiger charge is 2.21. The normalized spacial score (nSPS) is 20.2. The largest absolute Gasteiger partial charge is 0.394 e. The fraction of sp³-hybridized carbons (Fsp3) is 0.500. The summed E-state index contributed by atoms with van der Waals surface area (Å²) >= 11 is 0. The van der Waals surface area contributed by atoms with E-state index in [-0.39, 0.29) is 11.5 Å². The highest BCUT2D eigenvalue weighted by atomic mass is 19.1. The van der Waals surface area contributed by atoms with Crippen LogP contribution in [0.1, 0.15) is 36.5 Å². The van der Waals surface area contributed by atoms with Gasteiger partial charge in [-0.05, 0) is 37.3 Å². The van der Waals surface area contributed by atoms with Gasteiger partial charge < -0.3 is 10.6 Å². The maximum atomic E-state index is 13.4. The molecular weight excluding hydrogens is 250 g/mol. The van der Waals surface area contributed by atoms with Crippen LogP contribution >= 0.6 is 0 Å². The zero-order valence-electron chi connectivity index (χ0n) is 11.0. The lowest BCUT2D eigenvalue weighted by Gasteiger charge is -2.20. The molecule has 1 amide bonds. The van der Waals surface area contributed by atoms with E-state index in [1.807, 2.05) is 0 Å². The Kier molecular flexibility index (Phi) is 4.02. The van der Waals surface area contributed by atoms with E-state index in [1.54, 1.807) is 4.90 Å². The van der Waals surface area contributed by atoms with Crippen LogP contribution in [0.2, 0.25) is 0 Å². The molecule has 1 aliphatic rings. The van der Waals surface area contributed by atoms with Gasteiger partial charge in [0, 0.05) is 18.7 Å². The van der Waals surface area contributed by atoms with Crippen molar-refractivity contribution in [3.63, 3.8) is 0 Å². The van der Waals surface area contributed by atoms with Gasteiger partial charge in [0.25, 0.3) is 5.91 Å². The molecule has 19 heavy (non-hydrogen) atoms. The van der Waals surface area contributed by atoms with Gasteiger partial charge in [-0.3, -0.25) is 4.79 Å². The van der Waals surface area contributed by atoms with Gasteiger partial charge >= 0.3 is 0 Å². The molecule has 2 N–H and O–H groups in total. The third-order valence-corrected chi connectivity index (χ3v) is 3.63. The van der Waals surface area contributed by atoms with E-state index >= 15 is 0 Å². The molecular formula is C14H18F2N2O. The lowest BCUT2D eigenvalue weighted by Crippen LogP contribution is -2.32. The number of nitrogens with two attached hydrogens (primary N) is 1. The smallest absolute Gasteiger partial charge is 0.254 e. The SMILES string of the molecule is CC1CCCN(C(=O)c2cc(F)c(N)c(F)c2)CC1.